The van der Waals surface area contributed by atoms with E-state index in [9.17, 15) is 14.4 Å². The zero-order valence-corrected chi connectivity index (χ0v) is 21.7. The van der Waals surface area contributed by atoms with Crippen molar-refractivity contribution in [3.8, 4) is 17.2 Å². The number of rotatable bonds is 6. The van der Waals surface area contributed by atoms with Gasteiger partial charge in [-0.1, -0.05) is 22.0 Å². The molecule has 192 valence electrons. The van der Waals surface area contributed by atoms with Crippen LogP contribution < -0.4 is 19.5 Å². The predicted molar refractivity (Wildman–Crippen MR) is 129 cm³/mol. The normalized spacial score (nSPS) is 19.1. The van der Waals surface area contributed by atoms with Crippen LogP contribution >= 0.6 is 15.9 Å². The van der Waals surface area contributed by atoms with Crippen LogP contribution in [-0.4, -0.2) is 56.1 Å². The smallest absolute Gasteiger partial charge is 0.408 e. The van der Waals surface area contributed by atoms with Crippen molar-refractivity contribution in [1.82, 2.24) is 5.32 Å². The van der Waals surface area contributed by atoms with E-state index in [-0.39, 0.29) is 19.0 Å². The highest BCUT2D eigenvalue weighted by Crippen LogP contribution is 2.41. The second-order valence-corrected chi connectivity index (χ2v) is 10.0. The second kappa shape index (κ2) is 10.4. The third-order valence-electron chi connectivity index (χ3n) is 5.41. The highest BCUT2D eigenvalue weighted by Gasteiger charge is 2.42. The molecule has 2 aromatic carbocycles. The van der Waals surface area contributed by atoms with Crippen LogP contribution in [0.1, 0.15) is 42.8 Å². The fourth-order valence-electron chi connectivity index (χ4n) is 3.67. The van der Waals surface area contributed by atoms with Crippen LogP contribution in [-0.2, 0) is 19.0 Å². The molecule has 2 heterocycles. The van der Waals surface area contributed by atoms with Gasteiger partial charge in [0.2, 0.25) is 18.7 Å². The number of hydrogen-bond acceptors (Lipinski definition) is 9. The van der Waals surface area contributed by atoms with Gasteiger partial charge in [-0.3, -0.25) is 4.79 Å². The molecule has 0 radical (unpaired) electrons. The summed E-state index contributed by atoms with van der Waals surface area (Å²) in [5.41, 5.74) is 0.228. The molecule has 0 fully saturated rings. The van der Waals surface area contributed by atoms with E-state index < -0.39 is 41.7 Å². The third-order valence-corrected chi connectivity index (χ3v) is 5.91. The van der Waals surface area contributed by atoms with Gasteiger partial charge in [-0.25, -0.2) is 9.59 Å². The minimum Gasteiger partial charge on any atom is -0.481 e. The lowest BCUT2D eigenvalue weighted by Crippen LogP contribution is -2.49. The van der Waals surface area contributed by atoms with E-state index in [2.05, 4.69) is 21.2 Å². The molecular formula is C25H26BrNO9. The van der Waals surface area contributed by atoms with Crippen LogP contribution in [0.5, 0.6) is 17.2 Å². The Labute approximate surface area is 216 Å². The third kappa shape index (κ3) is 5.73. The van der Waals surface area contributed by atoms with Gasteiger partial charge >= 0.3 is 12.1 Å². The molecule has 0 saturated heterocycles. The summed E-state index contributed by atoms with van der Waals surface area (Å²) in [6.45, 7) is 5.35. The molecule has 0 aliphatic carbocycles. The lowest BCUT2D eigenvalue weighted by atomic mass is 9.93. The predicted octanol–water partition coefficient (Wildman–Crippen LogP) is 3.95. The molecule has 0 spiro atoms. The minimum atomic E-state index is -1.35. The first kappa shape index (κ1) is 25.8. The molecule has 2 aromatic rings. The van der Waals surface area contributed by atoms with Crippen molar-refractivity contribution in [2.45, 2.75) is 44.6 Å². The molecule has 11 heteroatoms. The van der Waals surface area contributed by atoms with Crippen molar-refractivity contribution in [1.29, 1.82) is 0 Å². The molecule has 1 amide bonds. The number of fused-ring (bicyclic) bond motifs is 2. The van der Waals surface area contributed by atoms with Crippen LogP contribution in [0.25, 0.3) is 0 Å². The number of ether oxygens (including phenoxy) is 6. The molecule has 36 heavy (non-hydrogen) atoms. The summed E-state index contributed by atoms with van der Waals surface area (Å²) in [4.78, 5) is 38.6. The quantitative estimate of drug-likeness (QED) is 0.521. The van der Waals surface area contributed by atoms with Crippen LogP contribution in [0.15, 0.2) is 40.9 Å². The molecule has 1 N–H and O–H groups in total. The highest BCUT2D eigenvalue weighted by atomic mass is 79.9. The minimum absolute atomic E-state index is 0.0774. The van der Waals surface area contributed by atoms with Crippen LogP contribution in [0.4, 0.5) is 4.79 Å². The van der Waals surface area contributed by atoms with E-state index in [1.54, 1.807) is 36.4 Å². The number of esters is 1. The SMILES string of the molecule is COC(=O)[C@H](COC(C)(C)C)NC(=O)OC1C(=O)c2cc(Br)ccc2O[C@H]1c1ccc2c(c1)OCO2. The van der Waals surface area contributed by atoms with Crippen LogP contribution in [0.2, 0.25) is 0 Å². The Morgan fingerprint density at radius 3 is 2.56 bits per heavy atom. The van der Waals surface area contributed by atoms with Gasteiger partial charge in [0.15, 0.2) is 23.6 Å². The molecule has 2 aliphatic rings. The maximum Gasteiger partial charge on any atom is 0.408 e. The summed E-state index contributed by atoms with van der Waals surface area (Å²) >= 11 is 3.35. The number of carbonyl (C=O) groups is 3. The monoisotopic (exact) mass is 563 g/mol. The lowest BCUT2D eigenvalue weighted by Gasteiger charge is -2.33. The van der Waals surface area contributed by atoms with Crippen LogP contribution in [0, 0.1) is 0 Å². The number of Topliss-reactive ketones (excluding diaryl/α,β-unsaturated/α-hetero) is 1. The molecule has 0 aromatic heterocycles. The number of benzene rings is 2. The average Bonchev–Trinajstić information content (AvgIpc) is 3.30. The van der Waals surface area contributed by atoms with E-state index in [1.807, 2.05) is 20.8 Å². The highest BCUT2D eigenvalue weighted by molar-refractivity contribution is 9.10. The summed E-state index contributed by atoms with van der Waals surface area (Å²) in [7, 11) is 1.20. The molecular weight excluding hydrogens is 538 g/mol. The first-order valence-electron chi connectivity index (χ1n) is 11.1. The van der Waals surface area contributed by atoms with Gasteiger partial charge in [-0.2, -0.15) is 0 Å². The van der Waals surface area contributed by atoms with Crippen molar-refractivity contribution in [3.63, 3.8) is 0 Å². The summed E-state index contributed by atoms with van der Waals surface area (Å²) in [5.74, 6) is 0.204. The summed E-state index contributed by atoms with van der Waals surface area (Å²) < 4.78 is 33.6. The van der Waals surface area contributed by atoms with Crippen molar-refractivity contribution in [2.75, 3.05) is 20.5 Å². The number of ketones is 1. The topological polar surface area (TPSA) is 119 Å². The zero-order chi connectivity index (χ0) is 26.0. The first-order chi connectivity index (χ1) is 17.1. The number of alkyl carbamates (subject to hydrolysis) is 1. The maximum atomic E-state index is 13.5. The van der Waals surface area contributed by atoms with Gasteiger partial charge in [0, 0.05) is 10.0 Å². The molecule has 1 unspecified atom stereocenters. The number of carbonyl (C=O) groups excluding carboxylic acids is 3. The Hall–Kier alpha value is -3.31. The van der Waals surface area contributed by atoms with Gasteiger partial charge in [0.1, 0.15) is 5.75 Å². The van der Waals surface area contributed by atoms with Crippen molar-refractivity contribution >= 4 is 33.8 Å². The van der Waals surface area contributed by atoms with E-state index in [0.717, 1.165) is 0 Å². The van der Waals surface area contributed by atoms with Crippen LogP contribution in [0.3, 0.4) is 0 Å². The van der Waals surface area contributed by atoms with E-state index >= 15 is 0 Å². The van der Waals surface area contributed by atoms with Crippen molar-refractivity contribution in [3.05, 3.63) is 52.0 Å². The molecule has 0 saturated carbocycles. The van der Waals surface area contributed by atoms with Gasteiger partial charge < -0.3 is 33.7 Å². The van der Waals surface area contributed by atoms with Gasteiger partial charge in [-0.05, 0) is 51.1 Å². The number of methoxy groups -OCH3 is 1. The van der Waals surface area contributed by atoms with Crippen molar-refractivity contribution in [2.24, 2.45) is 0 Å². The lowest BCUT2D eigenvalue weighted by molar-refractivity contribution is -0.146. The van der Waals surface area contributed by atoms with E-state index in [4.69, 9.17) is 28.4 Å². The standard InChI is InChI=1S/C25H26BrNO9/c1-25(2,3)34-11-16(23(29)31-4)27-24(30)36-22-20(28)15-10-14(26)6-8-17(15)35-21(22)13-5-7-18-19(9-13)33-12-32-18/h5-10,16,21-22H,11-12H2,1-4H3,(H,27,30)/t16-,21-,22?/m0/s1. The van der Waals surface area contributed by atoms with Gasteiger partial charge in [0.05, 0.1) is 24.9 Å². The number of amides is 1. The number of hydrogen-bond donors (Lipinski definition) is 1. The van der Waals surface area contributed by atoms with Gasteiger partial charge in [-0.15, -0.1) is 0 Å². The number of nitrogens with one attached hydrogen (secondary N) is 1. The second-order valence-electron chi connectivity index (χ2n) is 9.13. The largest absolute Gasteiger partial charge is 0.481 e. The first-order valence-corrected chi connectivity index (χ1v) is 11.9. The maximum absolute atomic E-state index is 13.5. The Kier molecular flexibility index (Phi) is 7.41. The van der Waals surface area contributed by atoms with Crippen molar-refractivity contribution < 1.29 is 42.8 Å². The number of halogens is 1. The summed E-state index contributed by atoms with van der Waals surface area (Å²) in [6.07, 6.45) is -3.34. The summed E-state index contributed by atoms with van der Waals surface area (Å²) in [6, 6.07) is 8.92. The Balaban J connectivity index is 1.60. The zero-order valence-electron chi connectivity index (χ0n) is 20.2. The Morgan fingerprint density at radius 1 is 1.11 bits per heavy atom. The van der Waals surface area contributed by atoms with Gasteiger partial charge in [0.25, 0.3) is 0 Å². The summed E-state index contributed by atoms with van der Waals surface area (Å²) in [5, 5.41) is 2.43. The molecule has 3 atom stereocenters. The fourth-order valence-corrected chi connectivity index (χ4v) is 4.03. The fraction of sp³-hybridized carbons (Fsp3) is 0.400. The molecule has 2 aliphatic heterocycles. The average molecular weight is 564 g/mol. The Morgan fingerprint density at radius 2 is 1.83 bits per heavy atom. The van der Waals surface area contributed by atoms with E-state index in [1.165, 1.54) is 7.11 Å². The molecule has 4 rings (SSSR count). The molecule has 0 bridgehead atoms. The van der Waals surface area contributed by atoms with E-state index in [0.29, 0.717) is 27.3 Å². The molecule has 10 nitrogen and oxygen atoms in total. The Bertz CT molecular complexity index is 1180.